The minimum atomic E-state index is -0.849. The molecule has 0 unspecified atom stereocenters. The first-order valence-electron chi connectivity index (χ1n) is 9.31. The second-order valence-electron chi connectivity index (χ2n) is 7.55. The lowest BCUT2D eigenvalue weighted by Gasteiger charge is -2.26. The lowest BCUT2D eigenvalue weighted by Crippen LogP contribution is -2.51. The number of carbonyl (C=O) groups is 2. The van der Waals surface area contributed by atoms with Gasteiger partial charge in [0.2, 0.25) is 0 Å². The maximum atomic E-state index is 12.5. The van der Waals surface area contributed by atoms with Crippen LogP contribution in [-0.4, -0.2) is 63.4 Å². The van der Waals surface area contributed by atoms with E-state index in [0.29, 0.717) is 26.1 Å². The minimum absolute atomic E-state index is 0.0141. The molecule has 0 aliphatic carbocycles. The average Bonchev–Trinajstić information content (AvgIpc) is 3.07. The van der Waals surface area contributed by atoms with Crippen LogP contribution in [0.2, 0.25) is 0 Å². The van der Waals surface area contributed by atoms with Gasteiger partial charge in [-0.25, -0.2) is 4.57 Å². The fourth-order valence-electron chi connectivity index (χ4n) is 2.41. The van der Waals surface area contributed by atoms with Gasteiger partial charge in [0, 0.05) is 6.61 Å². The van der Waals surface area contributed by atoms with Gasteiger partial charge in [0.1, 0.15) is 25.5 Å². The smallest absolute Gasteiger partial charge is 0.390 e. The van der Waals surface area contributed by atoms with E-state index in [1.54, 1.807) is 13.8 Å². The SMILES string of the molecule is CCOCC(=O)C(C)(C)NCCCNC(C)(C)C(=O)Cn1ccnc1[N+](=O)[O-]. The van der Waals surface area contributed by atoms with Crippen LogP contribution < -0.4 is 10.6 Å². The summed E-state index contributed by atoms with van der Waals surface area (Å²) in [7, 11) is 0. The standard InChI is InChI=1S/C18H31N5O5/c1-6-28-13-15(25)18(4,5)21-9-7-8-20-17(2,3)14(24)12-22-11-10-19-16(22)23(26)27/h10-11,20-21H,6-9,12-13H2,1-5H3. The fraction of sp³-hybridized carbons (Fsp3) is 0.722. The van der Waals surface area contributed by atoms with Crippen LogP contribution in [0.3, 0.4) is 0 Å². The Morgan fingerprint density at radius 2 is 1.75 bits per heavy atom. The number of nitrogens with zero attached hydrogens (tertiary/aromatic N) is 3. The van der Waals surface area contributed by atoms with Gasteiger partial charge in [-0.3, -0.25) is 9.59 Å². The van der Waals surface area contributed by atoms with Gasteiger partial charge in [0.15, 0.2) is 11.6 Å². The highest BCUT2D eigenvalue weighted by atomic mass is 16.6. The maximum Gasteiger partial charge on any atom is 0.434 e. The molecule has 1 aromatic rings. The molecule has 2 N–H and O–H groups in total. The van der Waals surface area contributed by atoms with Crippen LogP contribution >= 0.6 is 0 Å². The highest BCUT2D eigenvalue weighted by Crippen LogP contribution is 2.12. The van der Waals surface area contributed by atoms with E-state index in [1.165, 1.54) is 17.0 Å². The van der Waals surface area contributed by atoms with Crippen LogP contribution in [0.15, 0.2) is 12.4 Å². The molecule has 1 heterocycles. The number of hydrogen-bond donors (Lipinski definition) is 2. The zero-order valence-corrected chi connectivity index (χ0v) is 17.3. The summed E-state index contributed by atoms with van der Waals surface area (Å²) in [6.45, 7) is 10.5. The molecule has 158 valence electrons. The van der Waals surface area contributed by atoms with Gasteiger partial charge in [-0.15, -0.1) is 0 Å². The fourth-order valence-corrected chi connectivity index (χ4v) is 2.41. The summed E-state index contributed by atoms with van der Waals surface area (Å²) in [5.41, 5.74) is -1.53. The number of aromatic nitrogens is 2. The van der Waals surface area contributed by atoms with Gasteiger partial charge < -0.3 is 25.5 Å². The summed E-state index contributed by atoms with van der Waals surface area (Å²) in [5.74, 6) is -0.555. The van der Waals surface area contributed by atoms with E-state index < -0.39 is 16.0 Å². The lowest BCUT2D eigenvalue weighted by molar-refractivity contribution is -0.396. The van der Waals surface area contributed by atoms with Gasteiger partial charge in [0.05, 0.1) is 11.1 Å². The van der Waals surface area contributed by atoms with E-state index in [1.807, 2.05) is 20.8 Å². The summed E-state index contributed by atoms with van der Waals surface area (Å²) in [5, 5.41) is 17.3. The first-order valence-corrected chi connectivity index (χ1v) is 9.31. The van der Waals surface area contributed by atoms with Crippen LogP contribution in [0.1, 0.15) is 41.0 Å². The summed E-state index contributed by atoms with van der Waals surface area (Å²) in [6, 6.07) is 0. The summed E-state index contributed by atoms with van der Waals surface area (Å²) in [6.07, 6.45) is 3.41. The Kier molecular flexibility index (Phi) is 8.86. The molecule has 0 bridgehead atoms. The third-order valence-electron chi connectivity index (χ3n) is 4.49. The van der Waals surface area contributed by atoms with Gasteiger partial charge in [-0.1, -0.05) is 4.98 Å². The minimum Gasteiger partial charge on any atom is -0.390 e. The Balaban J connectivity index is 2.42. The molecule has 0 atom stereocenters. The van der Waals surface area contributed by atoms with E-state index in [0.717, 1.165) is 0 Å². The Morgan fingerprint density at radius 3 is 2.29 bits per heavy atom. The van der Waals surface area contributed by atoms with E-state index in [9.17, 15) is 19.7 Å². The van der Waals surface area contributed by atoms with Crippen molar-refractivity contribution in [1.82, 2.24) is 20.2 Å². The largest absolute Gasteiger partial charge is 0.434 e. The van der Waals surface area contributed by atoms with Crippen molar-refractivity contribution >= 4 is 17.5 Å². The molecule has 0 aromatic carbocycles. The van der Waals surface area contributed by atoms with Crippen molar-refractivity contribution in [2.24, 2.45) is 0 Å². The molecule has 0 amide bonds. The second kappa shape index (κ2) is 10.4. The molecule has 28 heavy (non-hydrogen) atoms. The van der Waals surface area contributed by atoms with E-state index in [4.69, 9.17) is 4.74 Å². The Morgan fingerprint density at radius 1 is 1.18 bits per heavy atom. The van der Waals surface area contributed by atoms with Crippen LogP contribution in [0, 0.1) is 10.1 Å². The van der Waals surface area contributed by atoms with Crippen molar-refractivity contribution in [3.05, 3.63) is 22.5 Å². The lowest BCUT2D eigenvalue weighted by atomic mass is 9.98. The average molecular weight is 397 g/mol. The molecule has 0 aliphatic rings. The van der Waals surface area contributed by atoms with Crippen LogP contribution in [0.4, 0.5) is 5.95 Å². The third-order valence-corrected chi connectivity index (χ3v) is 4.49. The summed E-state index contributed by atoms with van der Waals surface area (Å²) in [4.78, 5) is 38.5. The number of hydrogen-bond acceptors (Lipinski definition) is 8. The molecule has 0 saturated carbocycles. The summed E-state index contributed by atoms with van der Waals surface area (Å²) < 4.78 is 6.38. The van der Waals surface area contributed by atoms with Crippen molar-refractivity contribution < 1.29 is 19.2 Å². The predicted molar refractivity (Wildman–Crippen MR) is 104 cm³/mol. The first-order chi connectivity index (χ1) is 13.0. The van der Waals surface area contributed by atoms with Gasteiger partial charge in [-0.05, 0) is 59.1 Å². The Labute approximate surface area is 165 Å². The number of rotatable bonds is 14. The molecule has 10 nitrogen and oxygen atoms in total. The highest BCUT2D eigenvalue weighted by molar-refractivity contribution is 5.88. The Hall–Kier alpha value is -2.17. The van der Waals surface area contributed by atoms with Crippen LogP contribution in [0.5, 0.6) is 0 Å². The monoisotopic (exact) mass is 397 g/mol. The van der Waals surface area contributed by atoms with Crippen molar-refractivity contribution in [2.45, 2.75) is 58.7 Å². The van der Waals surface area contributed by atoms with E-state index >= 15 is 0 Å². The quantitative estimate of drug-likeness (QED) is 0.271. The van der Waals surface area contributed by atoms with Gasteiger partial charge in [-0.2, -0.15) is 0 Å². The molecule has 1 rings (SSSR count). The number of nitro groups is 1. The van der Waals surface area contributed by atoms with Crippen molar-refractivity contribution in [3.8, 4) is 0 Å². The number of nitrogens with one attached hydrogen (secondary N) is 2. The zero-order valence-electron chi connectivity index (χ0n) is 17.3. The molecular formula is C18H31N5O5. The predicted octanol–water partition coefficient (Wildman–Crippen LogP) is 1.09. The van der Waals surface area contributed by atoms with E-state index in [2.05, 4.69) is 15.6 Å². The number of imidazole rings is 1. The molecule has 0 fully saturated rings. The second-order valence-corrected chi connectivity index (χ2v) is 7.55. The molecule has 0 spiro atoms. The topological polar surface area (TPSA) is 128 Å². The number of Topliss-reactive ketones (excluding diaryl/α,β-unsaturated/α-hetero) is 2. The molecule has 1 aromatic heterocycles. The maximum absolute atomic E-state index is 12.5. The normalized spacial score (nSPS) is 12.2. The molecule has 0 radical (unpaired) electrons. The molecule has 10 heteroatoms. The van der Waals surface area contributed by atoms with Crippen LogP contribution in [0.25, 0.3) is 0 Å². The zero-order chi connectivity index (χ0) is 21.4. The Bertz CT molecular complexity index is 684. The molecule has 0 saturated heterocycles. The number of carbonyl (C=O) groups excluding carboxylic acids is 2. The van der Waals surface area contributed by atoms with Crippen molar-refractivity contribution in [3.63, 3.8) is 0 Å². The van der Waals surface area contributed by atoms with Crippen molar-refractivity contribution in [1.29, 1.82) is 0 Å². The highest BCUT2D eigenvalue weighted by Gasteiger charge is 2.30. The van der Waals surface area contributed by atoms with Gasteiger partial charge in [0.25, 0.3) is 0 Å². The van der Waals surface area contributed by atoms with Gasteiger partial charge >= 0.3 is 5.95 Å². The summed E-state index contributed by atoms with van der Waals surface area (Å²) >= 11 is 0. The van der Waals surface area contributed by atoms with E-state index in [-0.39, 0.29) is 30.7 Å². The third kappa shape index (κ3) is 7.10. The molecular weight excluding hydrogens is 366 g/mol. The van der Waals surface area contributed by atoms with Crippen LogP contribution in [-0.2, 0) is 20.9 Å². The number of ketones is 2. The molecule has 0 aliphatic heterocycles. The van der Waals surface area contributed by atoms with Crippen molar-refractivity contribution in [2.75, 3.05) is 26.3 Å². The number of ether oxygens (including phenoxy) is 1. The first kappa shape index (κ1) is 23.9.